The highest BCUT2D eigenvalue weighted by atomic mass is 32.2. The fourth-order valence-electron chi connectivity index (χ4n) is 3.04. The highest BCUT2D eigenvalue weighted by molar-refractivity contribution is 7.98. The summed E-state index contributed by atoms with van der Waals surface area (Å²) in [6.45, 7) is 8.59. The lowest BCUT2D eigenvalue weighted by Gasteiger charge is -2.36. The number of nitrogens with one attached hydrogen (secondary N) is 1. The van der Waals surface area contributed by atoms with Gasteiger partial charge in [-0.05, 0) is 38.9 Å². The van der Waals surface area contributed by atoms with Crippen LogP contribution in [0, 0.1) is 0 Å². The van der Waals surface area contributed by atoms with Gasteiger partial charge in [-0.1, -0.05) is 19.1 Å². The van der Waals surface area contributed by atoms with E-state index in [9.17, 15) is 9.59 Å². The van der Waals surface area contributed by atoms with E-state index in [-0.39, 0.29) is 24.4 Å². The minimum absolute atomic E-state index is 0.0977. The Labute approximate surface area is 160 Å². The Morgan fingerprint density at radius 1 is 1.23 bits per heavy atom. The van der Waals surface area contributed by atoms with Crippen LogP contribution in [-0.4, -0.2) is 85.1 Å². The molecule has 1 N–H and O–H groups in total. The maximum Gasteiger partial charge on any atom is 0.239 e. The van der Waals surface area contributed by atoms with Gasteiger partial charge in [0.2, 0.25) is 11.8 Å². The van der Waals surface area contributed by atoms with E-state index >= 15 is 0 Å². The number of para-hydroxylation sites is 1. The number of rotatable bonds is 7. The van der Waals surface area contributed by atoms with Crippen molar-refractivity contribution in [1.82, 2.24) is 14.7 Å². The van der Waals surface area contributed by atoms with E-state index in [2.05, 4.69) is 17.1 Å². The number of anilines is 1. The quantitative estimate of drug-likeness (QED) is 0.734. The van der Waals surface area contributed by atoms with Crippen LogP contribution in [0.3, 0.4) is 0 Å². The largest absolute Gasteiger partial charge is 0.339 e. The average Bonchev–Trinajstić information content (AvgIpc) is 2.67. The first-order chi connectivity index (χ1) is 12.5. The van der Waals surface area contributed by atoms with E-state index in [1.165, 1.54) is 0 Å². The Kier molecular flexibility index (Phi) is 7.93. The number of nitrogens with zero attached hydrogens (tertiary/aromatic N) is 3. The zero-order chi connectivity index (χ0) is 19.1. The summed E-state index contributed by atoms with van der Waals surface area (Å²) in [4.78, 5) is 32.2. The van der Waals surface area contributed by atoms with Gasteiger partial charge >= 0.3 is 0 Å². The van der Waals surface area contributed by atoms with Gasteiger partial charge < -0.3 is 15.1 Å². The standard InChI is InChI=1S/C19H30N4O2S/c1-5-22-10-12-23(13-11-22)19(25)15(2)21(3)14-18(24)20-16-8-6-7-9-17(16)26-4/h6-9,15H,5,10-14H2,1-4H3,(H,20,24)/t15-/m0/s1. The Balaban J connectivity index is 1.86. The lowest BCUT2D eigenvalue weighted by Crippen LogP contribution is -2.54. The van der Waals surface area contributed by atoms with Crippen molar-refractivity contribution in [3.8, 4) is 0 Å². The van der Waals surface area contributed by atoms with Gasteiger partial charge in [-0.2, -0.15) is 0 Å². The number of benzene rings is 1. The number of hydrogen-bond donors (Lipinski definition) is 1. The van der Waals surface area contributed by atoms with Gasteiger partial charge in [0.05, 0.1) is 18.3 Å². The van der Waals surface area contributed by atoms with Crippen molar-refractivity contribution in [3.63, 3.8) is 0 Å². The van der Waals surface area contributed by atoms with Crippen molar-refractivity contribution in [1.29, 1.82) is 0 Å². The average molecular weight is 379 g/mol. The second-order valence-corrected chi connectivity index (χ2v) is 7.45. The van der Waals surface area contributed by atoms with Crippen molar-refractivity contribution < 1.29 is 9.59 Å². The number of likely N-dealkylation sites (N-methyl/N-ethyl adjacent to an activating group) is 2. The van der Waals surface area contributed by atoms with E-state index in [0.717, 1.165) is 43.3 Å². The number of thioether (sulfide) groups is 1. The molecule has 1 aliphatic rings. The first-order valence-electron chi connectivity index (χ1n) is 9.10. The van der Waals surface area contributed by atoms with Crippen LogP contribution in [0.5, 0.6) is 0 Å². The predicted molar refractivity (Wildman–Crippen MR) is 108 cm³/mol. The molecule has 6 nitrogen and oxygen atoms in total. The summed E-state index contributed by atoms with van der Waals surface area (Å²) in [6.07, 6.45) is 1.98. The molecule has 0 bridgehead atoms. The Morgan fingerprint density at radius 3 is 2.50 bits per heavy atom. The molecule has 7 heteroatoms. The monoisotopic (exact) mass is 378 g/mol. The Bertz CT molecular complexity index is 617. The molecule has 0 spiro atoms. The van der Waals surface area contributed by atoms with Gasteiger partial charge in [0.1, 0.15) is 0 Å². The van der Waals surface area contributed by atoms with Crippen LogP contribution in [0.25, 0.3) is 0 Å². The molecule has 0 radical (unpaired) electrons. The van der Waals surface area contributed by atoms with Gasteiger partial charge in [0.25, 0.3) is 0 Å². The topological polar surface area (TPSA) is 55.9 Å². The van der Waals surface area contributed by atoms with Gasteiger partial charge in [0.15, 0.2) is 0 Å². The molecule has 1 aromatic carbocycles. The van der Waals surface area contributed by atoms with Crippen LogP contribution < -0.4 is 5.32 Å². The number of hydrogen-bond acceptors (Lipinski definition) is 5. The second-order valence-electron chi connectivity index (χ2n) is 6.60. The molecule has 1 heterocycles. The number of amides is 2. The zero-order valence-electron chi connectivity index (χ0n) is 16.2. The maximum absolute atomic E-state index is 12.7. The zero-order valence-corrected chi connectivity index (χ0v) is 17.0. The summed E-state index contributed by atoms with van der Waals surface area (Å²) in [7, 11) is 1.82. The van der Waals surface area contributed by atoms with Crippen molar-refractivity contribution in [2.45, 2.75) is 24.8 Å². The van der Waals surface area contributed by atoms with Crippen LogP contribution in [0.15, 0.2) is 29.2 Å². The first-order valence-corrected chi connectivity index (χ1v) is 10.3. The van der Waals surface area contributed by atoms with Crippen molar-refractivity contribution in [2.24, 2.45) is 0 Å². The summed E-state index contributed by atoms with van der Waals surface area (Å²) in [5.74, 6) is -0.00924. The smallest absolute Gasteiger partial charge is 0.239 e. The van der Waals surface area contributed by atoms with Crippen LogP contribution in [0.4, 0.5) is 5.69 Å². The summed E-state index contributed by atoms with van der Waals surface area (Å²) < 4.78 is 0. The van der Waals surface area contributed by atoms with Crippen molar-refractivity contribution >= 4 is 29.3 Å². The highest BCUT2D eigenvalue weighted by Crippen LogP contribution is 2.24. The van der Waals surface area contributed by atoms with Gasteiger partial charge in [-0.15, -0.1) is 11.8 Å². The molecule has 0 unspecified atom stereocenters. The predicted octanol–water partition coefficient (Wildman–Crippen LogP) is 1.83. The number of piperazine rings is 1. The van der Waals surface area contributed by atoms with E-state index in [4.69, 9.17) is 0 Å². The molecular formula is C19H30N4O2S. The molecule has 26 heavy (non-hydrogen) atoms. The lowest BCUT2D eigenvalue weighted by molar-refractivity contribution is -0.138. The molecule has 144 valence electrons. The Hall–Kier alpha value is -1.57. The molecule has 0 aromatic heterocycles. The lowest BCUT2D eigenvalue weighted by atomic mass is 10.2. The van der Waals surface area contributed by atoms with Crippen LogP contribution in [0.2, 0.25) is 0 Å². The third kappa shape index (κ3) is 5.46. The molecule has 1 aromatic rings. The molecule has 0 saturated carbocycles. The summed E-state index contributed by atoms with van der Waals surface area (Å²) in [5, 5.41) is 2.95. The third-order valence-corrected chi connectivity index (χ3v) is 5.72. The van der Waals surface area contributed by atoms with E-state index in [1.807, 2.05) is 54.3 Å². The highest BCUT2D eigenvalue weighted by Gasteiger charge is 2.27. The van der Waals surface area contributed by atoms with E-state index in [1.54, 1.807) is 11.8 Å². The Morgan fingerprint density at radius 2 is 1.88 bits per heavy atom. The van der Waals surface area contributed by atoms with Gasteiger partial charge in [0, 0.05) is 31.1 Å². The van der Waals surface area contributed by atoms with Crippen molar-refractivity contribution in [2.75, 3.05) is 57.9 Å². The van der Waals surface area contributed by atoms with Crippen LogP contribution in [0.1, 0.15) is 13.8 Å². The van der Waals surface area contributed by atoms with Gasteiger partial charge in [-0.25, -0.2) is 0 Å². The number of carbonyl (C=O) groups is 2. The molecule has 1 atom stereocenters. The minimum atomic E-state index is -0.315. The second kappa shape index (κ2) is 9.94. The van der Waals surface area contributed by atoms with Gasteiger partial charge in [-0.3, -0.25) is 14.5 Å². The molecule has 2 rings (SSSR count). The summed E-state index contributed by atoms with van der Waals surface area (Å²) in [6, 6.07) is 7.41. The van der Waals surface area contributed by atoms with Crippen molar-refractivity contribution in [3.05, 3.63) is 24.3 Å². The molecule has 1 aliphatic heterocycles. The molecule has 0 aliphatic carbocycles. The minimum Gasteiger partial charge on any atom is -0.339 e. The molecule has 2 amide bonds. The van der Waals surface area contributed by atoms with E-state index < -0.39 is 0 Å². The number of carbonyl (C=O) groups excluding carboxylic acids is 2. The third-order valence-electron chi connectivity index (χ3n) is 4.92. The molecule has 1 saturated heterocycles. The van der Waals surface area contributed by atoms with Crippen LogP contribution in [-0.2, 0) is 9.59 Å². The fourth-order valence-corrected chi connectivity index (χ4v) is 3.59. The fraction of sp³-hybridized carbons (Fsp3) is 0.579. The normalized spacial score (nSPS) is 16.6. The molecular weight excluding hydrogens is 348 g/mol. The molecule has 1 fully saturated rings. The first kappa shape index (κ1) is 20.7. The maximum atomic E-state index is 12.7. The summed E-state index contributed by atoms with van der Waals surface area (Å²) in [5.41, 5.74) is 0.813. The SMILES string of the molecule is CCN1CCN(C(=O)[C@H](C)N(C)CC(=O)Nc2ccccc2SC)CC1. The summed E-state index contributed by atoms with van der Waals surface area (Å²) >= 11 is 1.60. The van der Waals surface area contributed by atoms with E-state index in [0.29, 0.717) is 0 Å². The van der Waals surface area contributed by atoms with Crippen LogP contribution >= 0.6 is 11.8 Å².